The molecule has 4 rings (SSSR count). The van der Waals surface area contributed by atoms with Crippen molar-refractivity contribution in [2.75, 3.05) is 32.1 Å². The SMILES string of the molecule is CN(C)c1ncc(CN2C[C@@H](Cc3ccnc4ccccc34)[C@H](O)C2)cn1.O=CO. The van der Waals surface area contributed by atoms with Gasteiger partial charge in [-0.2, -0.15) is 0 Å². The van der Waals surface area contributed by atoms with Gasteiger partial charge in [-0.3, -0.25) is 14.7 Å². The van der Waals surface area contributed by atoms with Crippen molar-refractivity contribution in [1.29, 1.82) is 0 Å². The van der Waals surface area contributed by atoms with E-state index in [9.17, 15) is 5.11 Å². The number of carbonyl (C=O) groups is 1. The van der Waals surface area contributed by atoms with Crippen LogP contribution in [-0.4, -0.2) is 69.8 Å². The van der Waals surface area contributed by atoms with Crippen LogP contribution in [0.1, 0.15) is 11.1 Å². The summed E-state index contributed by atoms with van der Waals surface area (Å²) < 4.78 is 0. The van der Waals surface area contributed by atoms with Crippen molar-refractivity contribution in [2.45, 2.75) is 19.1 Å². The maximum atomic E-state index is 10.6. The molecule has 1 fully saturated rings. The average Bonchev–Trinajstić information content (AvgIpc) is 3.08. The zero-order valence-corrected chi connectivity index (χ0v) is 17.2. The summed E-state index contributed by atoms with van der Waals surface area (Å²) in [7, 11) is 3.86. The molecule has 30 heavy (non-hydrogen) atoms. The van der Waals surface area contributed by atoms with Gasteiger partial charge in [0.25, 0.3) is 6.47 Å². The first-order valence-electron chi connectivity index (χ1n) is 9.81. The topological polar surface area (TPSA) is 103 Å². The molecular weight excluding hydrogens is 382 g/mol. The number of aromatic nitrogens is 3. The fourth-order valence-electron chi connectivity index (χ4n) is 3.81. The second-order valence-electron chi connectivity index (χ2n) is 7.60. The van der Waals surface area contributed by atoms with Crippen LogP contribution in [0.15, 0.2) is 48.9 Å². The average molecular weight is 409 g/mol. The third-order valence-corrected chi connectivity index (χ3v) is 5.20. The van der Waals surface area contributed by atoms with E-state index in [2.05, 4.69) is 32.0 Å². The van der Waals surface area contributed by atoms with Crippen LogP contribution in [0.3, 0.4) is 0 Å². The molecule has 1 aliphatic rings. The fourth-order valence-corrected chi connectivity index (χ4v) is 3.81. The van der Waals surface area contributed by atoms with Crippen molar-refractivity contribution in [3.63, 3.8) is 0 Å². The fraction of sp³-hybridized carbons (Fsp3) is 0.364. The molecule has 1 aromatic carbocycles. The molecule has 2 atom stereocenters. The number of rotatable bonds is 5. The number of anilines is 1. The number of hydrogen-bond acceptors (Lipinski definition) is 7. The first kappa shape index (κ1) is 21.6. The van der Waals surface area contributed by atoms with Crippen molar-refractivity contribution >= 4 is 23.3 Å². The molecule has 3 heterocycles. The van der Waals surface area contributed by atoms with Gasteiger partial charge in [0.2, 0.25) is 5.95 Å². The van der Waals surface area contributed by atoms with Gasteiger partial charge in [0, 0.05) is 69.2 Å². The summed E-state index contributed by atoms with van der Waals surface area (Å²) in [6, 6.07) is 10.3. The summed E-state index contributed by atoms with van der Waals surface area (Å²) in [6.07, 6.45) is 6.15. The molecule has 2 N–H and O–H groups in total. The van der Waals surface area contributed by atoms with E-state index in [-0.39, 0.29) is 18.5 Å². The van der Waals surface area contributed by atoms with E-state index in [1.165, 1.54) is 10.9 Å². The van der Waals surface area contributed by atoms with Crippen LogP contribution < -0.4 is 4.90 Å². The van der Waals surface area contributed by atoms with Gasteiger partial charge in [0.1, 0.15) is 0 Å². The van der Waals surface area contributed by atoms with E-state index >= 15 is 0 Å². The summed E-state index contributed by atoms with van der Waals surface area (Å²) in [6.45, 7) is 2.06. The minimum Gasteiger partial charge on any atom is -0.483 e. The first-order chi connectivity index (χ1) is 14.5. The van der Waals surface area contributed by atoms with E-state index in [4.69, 9.17) is 9.90 Å². The number of fused-ring (bicyclic) bond motifs is 1. The van der Waals surface area contributed by atoms with Gasteiger partial charge in [-0.05, 0) is 24.1 Å². The maximum Gasteiger partial charge on any atom is 0.290 e. The Morgan fingerprint density at radius 3 is 2.53 bits per heavy atom. The Kier molecular flexibility index (Phi) is 7.26. The van der Waals surface area contributed by atoms with Crippen LogP contribution in [0.5, 0.6) is 0 Å². The third-order valence-electron chi connectivity index (χ3n) is 5.20. The first-order valence-corrected chi connectivity index (χ1v) is 9.81. The number of hydrogen-bond donors (Lipinski definition) is 2. The number of carboxylic acid groups (broad SMARTS) is 1. The zero-order chi connectivity index (χ0) is 21.5. The highest BCUT2D eigenvalue weighted by Gasteiger charge is 2.31. The Bertz CT molecular complexity index is 959. The largest absolute Gasteiger partial charge is 0.483 e. The molecule has 2 aromatic heterocycles. The molecule has 0 aliphatic carbocycles. The highest BCUT2D eigenvalue weighted by Crippen LogP contribution is 2.26. The van der Waals surface area contributed by atoms with E-state index in [0.717, 1.165) is 30.6 Å². The summed E-state index contributed by atoms with van der Waals surface area (Å²) in [5.74, 6) is 0.931. The second-order valence-corrected chi connectivity index (χ2v) is 7.60. The molecule has 0 unspecified atom stereocenters. The highest BCUT2D eigenvalue weighted by atomic mass is 16.3. The van der Waals surface area contributed by atoms with E-state index in [1.807, 2.05) is 55.8 Å². The number of nitrogens with zero attached hydrogens (tertiary/aromatic N) is 5. The molecule has 1 saturated heterocycles. The van der Waals surface area contributed by atoms with Gasteiger partial charge in [-0.25, -0.2) is 9.97 Å². The summed E-state index contributed by atoms with van der Waals surface area (Å²) in [4.78, 5) is 25.7. The monoisotopic (exact) mass is 409 g/mol. The van der Waals surface area contributed by atoms with Crippen LogP contribution >= 0.6 is 0 Å². The lowest BCUT2D eigenvalue weighted by Crippen LogP contribution is -2.22. The van der Waals surface area contributed by atoms with Crippen molar-refractivity contribution in [3.8, 4) is 0 Å². The Labute approximate surface area is 175 Å². The van der Waals surface area contributed by atoms with Gasteiger partial charge in [0.05, 0.1) is 11.6 Å². The summed E-state index contributed by atoms with van der Waals surface area (Å²) >= 11 is 0. The summed E-state index contributed by atoms with van der Waals surface area (Å²) in [5.41, 5.74) is 3.34. The molecule has 8 heteroatoms. The second kappa shape index (κ2) is 10.1. The quantitative estimate of drug-likeness (QED) is 0.616. The van der Waals surface area contributed by atoms with Gasteiger partial charge >= 0.3 is 0 Å². The van der Waals surface area contributed by atoms with Crippen LogP contribution in [-0.2, 0) is 17.8 Å². The van der Waals surface area contributed by atoms with Gasteiger partial charge in [-0.15, -0.1) is 0 Å². The van der Waals surface area contributed by atoms with Gasteiger partial charge < -0.3 is 15.1 Å². The van der Waals surface area contributed by atoms with Crippen LogP contribution in [0.4, 0.5) is 5.95 Å². The molecular formula is C22H27N5O3. The van der Waals surface area contributed by atoms with Crippen molar-refractivity contribution in [2.24, 2.45) is 5.92 Å². The molecule has 0 saturated carbocycles. The van der Waals surface area contributed by atoms with E-state index in [1.54, 1.807) is 0 Å². The molecule has 3 aromatic rings. The molecule has 158 valence electrons. The van der Waals surface area contributed by atoms with Crippen molar-refractivity contribution < 1.29 is 15.0 Å². The van der Waals surface area contributed by atoms with E-state index in [0.29, 0.717) is 12.5 Å². The number of para-hydroxylation sites is 1. The Balaban J connectivity index is 0.000000806. The third kappa shape index (κ3) is 5.28. The van der Waals surface area contributed by atoms with Crippen molar-refractivity contribution in [3.05, 3.63) is 60.0 Å². The van der Waals surface area contributed by atoms with Crippen LogP contribution in [0, 0.1) is 5.92 Å². The van der Waals surface area contributed by atoms with Crippen LogP contribution in [0.2, 0.25) is 0 Å². The van der Waals surface area contributed by atoms with Gasteiger partial charge in [0.15, 0.2) is 0 Å². The number of pyridine rings is 1. The molecule has 8 nitrogen and oxygen atoms in total. The lowest BCUT2D eigenvalue weighted by atomic mass is 9.94. The molecule has 0 amide bonds. The highest BCUT2D eigenvalue weighted by molar-refractivity contribution is 5.81. The number of β-amino-alcohol motifs (C(OH)–C–C–N with tert-alkyl or cyclic N) is 1. The zero-order valence-electron chi connectivity index (χ0n) is 17.2. The minimum atomic E-state index is -0.320. The Morgan fingerprint density at radius 1 is 1.13 bits per heavy atom. The predicted molar refractivity (Wildman–Crippen MR) is 115 cm³/mol. The number of likely N-dealkylation sites (tertiary alicyclic amines) is 1. The molecule has 0 spiro atoms. The molecule has 1 aliphatic heterocycles. The molecule has 0 bridgehead atoms. The van der Waals surface area contributed by atoms with E-state index < -0.39 is 0 Å². The summed E-state index contributed by atoms with van der Waals surface area (Å²) in [5, 5.41) is 18.7. The number of aliphatic hydroxyl groups is 1. The predicted octanol–water partition coefficient (Wildman–Crippen LogP) is 1.83. The smallest absolute Gasteiger partial charge is 0.290 e. The Morgan fingerprint density at radius 2 is 1.83 bits per heavy atom. The normalized spacial score (nSPS) is 18.6. The van der Waals surface area contributed by atoms with Crippen molar-refractivity contribution in [1.82, 2.24) is 19.9 Å². The number of benzene rings is 1. The maximum absolute atomic E-state index is 10.6. The Hall–Kier alpha value is -3.10. The molecule has 0 radical (unpaired) electrons. The van der Waals surface area contributed by atoms with Crippen LogP contribution in [0.25, 0.3) is 10.9 Å². The standard InChI is InChI=1S/C21H25N5O.CH2O2/c1-25(2)21-23-10-15(11-24-21)12-26-13-17(20(27)14-26)9-16-7-8-22-19-6-4-3-5-18(16)19;2-1-3/h3-8,10-11,17,20,27H,9,12-14H2,1-2H3;1H,(H,2,3)/t17-,20-;/m1./s1. The lowest BCUT2D eigenvalue weighted by Gasteiger charge is -2.16. The van der Waals surface area contributed by atoms with Gasteiger partial charge in [-0.1, -0.05) is 18.2 Å². The number of aliphatic hydroxyl groups excluding tert-OH is 1. The minimum absolute atomic E-state index is 0.220. The lowest BCUT2D eigenvalue weighted by molar-refractivity contribution is -0.122.